The third kappa shape index (κ3) is 4.59. The van der Waals surface area contributed by atoms with Gasteiger partial charge in [-0.25, -0.2) is 9.97 Å². The Hall–Kier alpha value is -3.01. The molecular weight excluding hydrogens is 394 g/mol. The maximum Gasteiger partial charge on any atom is 0.208 e. The van der Waals surface area contributed by atoms with E-state index < -0.39 is 0 Å². The molecule has 152 valence electrons. The lowest BCUT2D eigenvalue weighted by atomic mass is 10.0. The van der Waals surface area contributed by atoms with E-state index in [4.69, 9.17) is 6.42 Å². The van der Waals surface area contributed by atoms with Gasteiger partial charge in [0.05, 0.1) is 10.4 Å². The summed E-state index contributed by atoms with van der Waals surface area (Å²) in [5.74, 6) is 3.45. The standard InChI is InChI=1S/C24H23N3O2S/c1-2-16-4-3-5-17(8-16)9-19-11-22(30-14-19)23(29)21-12-25-15-26-24(21)27-20-7-6-18(10-20)13-28/h1,3-5,8,11-12,14-15,18,20,28H,6-7,9-10,13H2,(H,25,26,27). The highest BCUT2D eigenvalue weighted by Crippen LogP contribution is 2.29. The maximum absolute atomic E-state index is 13.2. The monoisotopic (exact) mass is 417 g/mol. The van der Waals surface area contributed by atoms with E-state index >= 15 is 0 Å². The molecule has 0 bridgehead atoms. The molecule has 0 saturated heterocycles. The van der Waals surface area contributed by atoms with Gasteiger partial charge in [0.1, 0.15) is 12.1 Å². The van der Waals surface area contributed by atoms with Gasteiger partial charge < -0.3 is 10.4 Å². The van der Waals surface area contributed by atoms with Crippen LogP contribution in [0.4, 0.5) is 5.82 Å². The summed E-state index contributed by atoms with van der Waals surface area (Å²) in [7, 11) is 0. The first kappa shape index (κ1) is 20.3. The molecular formula is C24H23N3O2S. The van der Waals surface area contributed by atoms with Crippen molar-refractivity contribution < 1.29 is 9.90 Å². The number of nitrogens with zero attached hydrogens (tertiary/aromatic N) is 2. The molecule has 2 atom stereocenters. The van der Waals surface area contributed by atoms with Crippen LogP contribution in [0.5, 0.6) is 0 Å². The van der Waals surface area contributed by atoms with E-state index in [0.29, 0.717) is 22.2 Å². The van der Waals surface area contributed by atoms with Gasteiger partial charge >= 0.3 is 0 Å². The Bertz CT molecular complexity index is 1090. The first-order valence-corrected chi connectivity index (χ1v) is 10.9. The summed E-state index contributed by atoms with van der Waals surface area (Å²) in [5.41, 5.74) is 3.52. The molecule has 2 unspecified atom stereocenters. The second-order valence-electron chi connectivity index (χ2n) is 7.66. The number of hydrogen-bond donors (Lipinski definition) is 2. The van der Waals surface area contributed by atoms with Crippen LogP contribution in [-0.2, 0) is 6.42 Å². The Morgan fingerprint density at radius 1 is 1.30 bits per heavy atom. The van der Waals surface area contributed by atoms with Gasteiger partial charge in [0.2, 0.25) is 5.78 Å². The third-order valence-corrected chi connectivity index (χ3v) is 6.45. The molecule has 5 nitrogen and oxygen atoms in total. The molecule has 4 rings (SSSR count). The molecule has 2 N–H and O–H groups in total. The summed E-state index contributed by atoms with van der Waals surface area (Å²) >= 11 is 1.43. The highest BCUT2D eigenvalue weighted by atomic mass is 32.1. The largest absolute Gasteiger partial charge is 0.396 e. The van der Waals surface area contributed by atoms with Crippen molar-refractivity contribution in [3.63, 3.8) is 0 Å². The minimum Gasteiger partial charge on any atom is -0.396 e. The number of anilines is 1. The number of rotatable bonds is 7. The van der Waals surface area contributed by atoms with Crippen molar-refractivity contribution in [1.82, 2.24) is 9.97 Å². The number of benzene rings is 1. The van der Waals surface area contributed by atoms with E-state index in [-0.39, 0.29) is 18.4 Å². The van der Waals surface area contributed by atoms with Gasteiger partial charge in [0.25, 0.3) is 0 Å². The predicted molar refractivity (Wildman–Crippen MR) is 119 cm³/mol. The summed E-state index contributed by atoms with van der Waals surface area (Å²) in [6.45, 7) is 0.204. The smallest absolute Gasteiger partial charge is 0.208 e. The summed E-state index contributed by atoms with van der Waals surface area (Å²) in [5, 5.41) is 14.8. The van der Waals surface area contributed by atoms with Crippen LogP contribution in [0.3, 0.4) is 0 Å². The van der Waals surface area contributed by atoms with Gasteiger partial charge in [-0.3, -0.25) is 4.79 Å². The number of nitrogens with one attached hydrogen (secondary N) is 1. The van der Waals surface area contributed by atoms with Crippen molar-refractivity contribution in [3.8, 4) is 12.3 Å². The molecule has 1 aliphatic carbocycles. The number of aliphatic hydroxyl groups is 1. The summed E-state index contributed by atoms with van der Waals surface area (Å²) in [6, 6.07) is 10.0. The molecule has 0 amide bonds. The number of ketones is 1. The van der Waals surface area contributed by atoms with E-state index in [2.05, 4.69) is 21.2 Å². The molecule has 0 aliphatic heterocycles. The number of thiophene rings is 1. The van der Waals surface area contributed by atoms with Gasteiger partial charge in [0, 0.05) is 24.4 Å². The van der Waals surface area contributed by atoms with Gasteiger partial charge in [-0.05, 0) is 66.3 Å². The van der Waals surface area contributed by atoms with E-state index in [1.54, 1.807) is 6.20 Å². The lowest BCUT2D eigenvalue weighted by Gasteiger charge is -2.15. The molecule has 30 heavy (non-hydrogen) atoms. The van der Waals surface area contributed by atoms with Crippen LogP contribution in [-0.4, -0.2) is 33.5 Å². The number of aromatic nitrogens is 2. The number of terminal acetylenes is 1. The minimum atomic E-state index is -0.0802. The fourth-order valence-corrected chi connectivity index (χ4v) is 4.77. The Morgan fingerprint density at radius 2 is 2.20 bits per heavy atom. The fraction of sp³-hybridized carbons (Fsp3) is 0.292. The van der Waals surface area contributed by atoms with Crippen LogP contribution in [0.1, 0.15) is 51.2 Å². The molecule has 3 aromatic rings. The summed E-state index contributed by atoms with van der Waals surface area (Å²) < 4.78 is 0. The number of carbonyl (C=O) groups is 1. The molecule has 1 aliphatic rings. The normalized spacial score (nSPS) is 18.1. The van der Waals surface area contributed by atoms with Gasteiger partial charge in [-0.2, -0.15) is 0 Å². The first-order valence-electron chi connectivity index (χ1n) is 10.0. The van der Waals surface area contributed by atoms with Crippen LogP contribution in [0, 0.1) is 18.3 Å². The molecule has 1 aromatic carbocycles. The topological polar surface area (TPSA) is 75.1 Å². The zero-order chi connectivity index (χ0) is 20.9. The summed E-state index contributed by atoms with van der Waals surface area (Å²) in [6.07, 6.45) is 12.1. The van der Waals surface area contributed by atoms with Crippen LogP contribution in [0.2, 0.25) is 0 Å². The second-order valence-corrected chi connectivity index (χ2v) is 8.57. The molecule has 6 heteroatoms. The highest BCUT2D eigenvalue weighted by molar-refractivity contribution is 7.12. The Balaban J connectivity index is 1.49. The molecule has 0 radical (unpaired) electrons. The zero-order valence-electron chi connectivity index (χ0n) is 16.5. The van der Waals surface area contributed by atoms with Crippen molar-refractivity contribution in [1.29, 1.82) is 0 Å². The molecule has 2 heterocycles. The van der Waals surface area contributed by atoms with Gasteiger partial charge in [-0.15, -0.1) is 17.8 Å². The molecule has 1 fully saturated rings. The fourth-order valence-electron chi connectivity index (χ4n) is 3.90. The maximum atomic E-state index is 13.2. The number of carbonyl (C=O) groups excluding carboxylic acids is 1. The number of hydrogen-bond acceptors (Lipinski definition) is 6. The van der Waals surface area contributed by atoms with E-state index in [9.17, 15) is 9.90 Å². The van der Waals surface area contributed by atoms with Crippen molar-refractivity contribution in [3.05, 3.63) is 75.4 Å². The Labute approximate surface area is 180 Å². The van der Waals surface area contributed by atoms with Crippen LogP contribution in [0.15, 0.2) is 48.2 Å². The number of aliphatic hydroxyl groups excluding tert-OH is 1. The van der Waals surface area contributed by atoms with Crippen molar-refractivity contribution in [2.75, 3.05) is 11.9 Å². The first-order chi connectivity index (χ1) is 14.7. The average Bonchev–Trinajstić information content (AvgIpc) is 3.43. The van der Waals surface area contributed by atoms with Crippen molar-refractivity contribution >= 4 is 22.9 Å². The van der Waals surface area contributed by atoms with Crippen molar-refractivity contribution in [2.24, 2.45) is 5.92 Å². The van der Waals surface area contributed by atoms with Gasteiger partial charge in [-0.1, -0.05) is 18.1 Å². The zero-order valence-corrected chi connectivity index (χ0v) is 17.4. The van der Waals surface area contributed by atoms with Crippen LogP contribution in [0.25, 0.3) is 0 Å². The van der Waals surface area contributed by atoms with E-state index in [1.165, 1.54) is 17.7 Å². The Morgan fingerprint density at radius 3 is 3.00 bits per heavy atom. The van der Waals surface area contributed by atoms with Crippen molar-refractivity contribution in [2.45, 2.75) is 31.7 Å². The quantitative estimate of drug-likeness (QED) is 0.450. The SMILES string of the molecule is C#Cc1cccc(Cc2csc(C(=O)c3cncnc3NC3CCC(CO)C3)c2)c1. The highest BCUT2D eigenvalue weighted by Gasteiger charge is 2.26. The Kier molecular flexibility index (Phi) is 6.22. The average molecular weight is 418 g/mol. The van der Waals surface area contributed by atoms with Crippen LogP contribution >= 0.6 is 11.3 Å². The van der Waals surface area contributed by atoms with Gasteiger partial charge in [0.15, 0.2) is 0 Å². The molecule has 1 saturated carbocycles. The van der Waals surface area contributed by atoms with Crippen LogP contribution < -0.4 is 5.32 Å². The molecule has 0 spiro atoms. The lowest BCUT2D eigenvalue weighted by Crippen LogP contribution is -2.19. The van der Waals surface area contributed by atoms with E-state index in [1.807, 2.05) is 35.7 Å². The third-order valence-electron chi connectivity index (χ3n) is 5.48. The molecule has 2 aromatic heterocycles. The predicted octanol–water partition coefficient (Wildman–Crippen LogP) is 3.91. The minimum absolute atomic E-state index is 0.0802. The van der Waals surface area contributed by atoms with E-state index in [0.717, 1.165) is 42.4 Å². The lowest BCUT2D eigenvalue weighted by molar-refractivity contribution is 0.104. The second kappa shape index (κ2) is 9.21. The summed E-state index contributed by atoms with van der Waals surface area (Å²) in [4.78, 5) is 22.2.